The van der Waals surface area contributed by atoms with Crippen LogP contribution in [0.2, 0.25) is 0 Å². The molecule has 0 aromatic heterocycles. The van der Waals surface area contributed by atoms with Crippen LogP contribution in [0.15, 0.2) is 30.3 Å². The number of hydrogen-bond donors (Lipinski definition) is 0. The van der Waals surface area contributed by atoms with E-state index in [1.165, 1.54) is 0 Å². The third-order valence-electron chi connectivity index (χ3n) is 2.93. The Kier molecular flexibility index (Phi) is 4.19. The summed E-state index contributed by atoms with van der Waals surface area (Å²) in [5.41, 5.74) is -0.108. The van der Waals surface area contributed by atoms with Crippen LogP contribution in [-0.2, 0) is 0 Å². The molecule has 0 bridgehead atoms. The number of rotatable bonds is 3. The minimum Gasteiger partial charge on any atom is -0.488 e. The zero-order chi connectivity index (χ0) is 16.5. The van der Waals surface area contributed by atoms with Gasteiger partial charge in [-0.15, -0.1) is 0 Å². The Morgan fingerprint density at radius 1 is 0.864 bits per heavy atom. The van der Waals surface area contributed by atoms with Gasteiger partial charge in [0.25, 0.3) is 0 Å². The average Bonchev–Trinajstić information content (AvgIpc) is 2.36. The van der Waals surface area contributed by atoms with E-state index in [4.69, 9.17) is 9.47 Å². The zero-order valence-corrected chi connectivity index (χ0v) is 14.2. The minimum atomic E-state index is -0.382. The molecule has 3 heteroatoms. The maximum atomic E-state index is 11.4. The van der Waals surface area contributed by atoms with Crippen molar-refractivity contribution >= 4 is 17.1 Å². The highest BCUT2D eigenvalue weighted by molar-refractivity contribution is 5.96. The topological polar surface area (TPSA) is 35.5 Å². The number of aldehydes is 1. The number of ether oxygens (including phenoxy) is 2. The molecule has 3 nitrogen and oxygen atoms in total. The van der Waals surface area contributed by atoms with E-state index in [0.29, 0.717) is 11.3 Å². The van der Waals surface area contributed by atoms with Crippen LogP contribution >= 0.6 is 0 Å². The van der Waals surface area contributed by atoms with Gasteiger partial charge in [-0.1, -0.05) is 12.1 Å². The SMILES string of the molecule is CC(C)(C)Oc1ccc2ccc(C=O)c(OC(C)(C)C)c2c1. The first kappa shape index (κ1) is 16.3. The van der Waals surface area contributed by atoms with Crippen LogP contribution in [0.1, 0.15) is 51.9 Å². The van der Waals surface area contributed by atoms with Crippen molar-refractivity contribution in [3.63, 3.8) is 0 Å². The van der Waals surface area contributed by atoms with Gasteiger partial charge < -0.3 is 9.47 Å². The van der Waals surface area contributed by atoms with Gasteiger partial charge >= 0.3 is 0 Å². The maximum Gasteiger partial charge on any atom is 0.153 e. The van der Waals surface area contributed by atoms with Gasteiger partial charge in [-0.3, -0.25) is 4.79 Å². The highest BCUT2D eigenvalue weighted by atomic mass is 16.5. The van der Waals surface area contributed by atoms with Crippen molar-refractivity contribution in [3.05, 3.63) is 35.9 Å². The highest BCUT2D eigenvalue weighted by Gasteiger charge is 2.18. The Bertz CT molecular complexity index is 688. The average molecular weight is 300 g/mol. The summed E-state index contributed by atoms with van der Waals surface area (Å²) in [6.45, 7) is 11.9. The third-order valence-corrected chi connectivity index (χ3v) is 2.93. The largest absolute Gasteiger partial charge is 0.488 e. The fourth-order valence-electron chi connectivity index (χ4n) is 2.22. The van der Waals surface area contributed by atoms with Crippen molar-refractivity contribution in [2.45, 2.75) is 52.7 Å². The van der Waals surface area contributed by atoms with Gasteiger partial charge in [0.05, 0.1) is 5.56 Å². The summed E-state index contributed by atoms with van der Waals surface area (Å²) in [7, 11) is 0. The minimum absolute atomic E-state index is 0.277. The summed E-state index contributed by atoms with van der Waals surface area (Å²) < 4.78 is 12.0. The molecular formula is C19H24O3. The standard InChI is InChI=1S/C19H24O3/c1-18(2,3)21-15-10-9-13-7-8-14(12-20)17(16(13)11-15)22-19(4,5)6/h7-12H,1-6H3. The molecule has 0 amide bonds. The number of carbonyl (C=O) groups excluding carboxylic acids is 1. The molecule has 22 heavy (non-hydrogen) atoms. The van der Waals surface area contributed by atoms with Gasteiger partial charge in [0.2, 0.25) is 0 Å². The van der Waals surface area contributed by atoms with E-state index < -0.39 is 0 Å². The van der Waals surface area contributed by atoms with E-state index in [0.717, 1.165) is 22.8 Å². The Morgan fingerprint density at radius 2 is 1.45 bits per heavy atom. The van der Waals surface area contributed by atoms with Crippen LogP contribution in [0, 0.1) is 0 Å². The van der Waals surface area contributed by atoms with E-state index in [2.05, 4.69) is 0 Å². The lowest BCUT2D eigenvalue weighted by Crippen LogP contribution is -2.24. The second-order valence-electron chi connectivity index (χ2n) is 7.41. The first-order valence-corrected chi connectivity index (χ1v) is 7.49. The van der Waals surface area contributed by atoms with E-state index >= 15 is 0 Å². The molecular weight excluding hydrogens is 276 g/mol. The van der Waals surface area contributed by atoms with E-state index in [1.54, 1.807) is 6.07 Å². The molecule has 0 saturated carbocycles. The van der Waals surface area contributed by atoms with E-state index in [-0.39, 0.29) is 11.2 Å². The summed E-state index contributed by atoms with van der Waals surface area (Å²) in [6, 6.07) is 9.58. The second kappa shape index (κ2) is 5.64. The van der Waals surface area contributed by atoms with Gasteiger partial charge in [0.15, 0.2) is 6.29 Å². The van der Waals surface area contributed by atoms with Gasteiger partial charge in [0.1, 0.15) is 22.7 Å². The molecule has 2 rings (SSSR count). The van der Waals surface area contributed by atoms with E-state index in [1.807, 2.05) is 65.8 Å². The molecule has 118 valence electrons. The number of fused-ring (bicyclic) bond motifs is 1. The Balaban J connectivity index is 2.61. The lowest BCUT2D eigenvalue weighted by atomic mass is 10.0. The van der Waals surface area contributed by atoms with Crippen LogP contribution < -0.4 is 9.47 Å². The first-order valence-electron chi connectivity index (χ1n) is 7.49. The summed E-state index contributed by atoms with van der Waals surface area (Å²) in [6.07, 6.45) is 0.831. The van der Waals surface area contributed by atoms with Crippen LogP contribution in [0.4, 0.5) is 0 Å². The molecule has 0 atom stereocenters. The molecule has 0 heterocycles. The number of benzene rings is 2. The Hall–Kier alpha value is -2.03. The zero-order valence-electron chi connectivity index (χ0n) is 14.2. The lowest BCUT2D eigenvalue weighted by Gasteiger charge is -2.25. The van der Waals surface area contributed by atoms with Crippen LogP contribution in [-0.4, -0.2) is 17.5 Å². The molecule has 0 N–H and O–H groups in total. The monoisotopic (exact) mass is 300 g/mol. The molecule has 0 aliphatic rings. The van der Waals surface area contributed by atoms with Gasteiger partial charge in [-0.05, 0) is 65.1 Å². The molecule has 2 aromatic carbocycles. The highest BCUT2D eigenvalue weighted by Crippen LogP contribution is 2.35. The number of carbonyl (C=O) groups is 1. The van der Waals surface area contributed by atoms with Crippen LogP contribution in [0.5, 0.6) is 11.5 Å². The van der Waals surface area contributed by atoms with Crippen LogP contribution in [0.3, 0.4) is 0 Å². The second-order valence-corrected chi connectivity index (χ2v) is 7.41. The summed E-state index contributed by atoms with van der Waals surface area (Å²) in [5.74, 6) is 1.38. The van der Waals surface area contributed by atoms with Crippen molar-refractivity contribution in [1.82, 2.24) is 0 Å². The Labute approximate surface area is 132 Å². The molecule has 0 unspecified atom stereocenters. The smallest absolute Gasteiger partial charge is 0.153 e. The van der Waals surface area contributed by atoms with Crippen molar-refractivity contribution < 1.29 is 14.3 Å². The molecule has 0 spiro atoms. The molecule has 0 aliphatic carbocycles. The van der Waals surface area contributed by atoms with Crippen molar-refractivity contribution in [3.8, 4) is 11.5 Å². The lowest BCUT2D eigenvalue weighted by molar-refractivity contribution is 0.109. The van der Waals surface area contributed by atoms with Crippen LogP contribution in [0.25, 0.3) is 10.8 Å². The van der Waals surface area contributed by atoms with Crippen molar-refractivity contribution in [1.29, 1.82) is 0 Å². The molecule has 0 fully saturated rings. The fraction of sp³-hybridized carbons (Fsp3) is 0.421. The number of hydrogen-bond acceptors (Lipinski definition) is 3. The normalized spacial score (nSPS) is 12.3. The molecule has 0 aliphatic heterocycles. The Morgan fingerprint density at radius 3 is 2.00 bits per heavy atom. The third kappa shape index (κ3) is 4.00. The molecule has 0 saturated heterocycles. The molecule has 2 aromatic rings. The predicted molar refractivity (Wildman–Crippen MR) is 90.1 cm³/mol. The maximum absolute atomic E-state index is 11.4. The van der Waals surface area contributed by atoms with Crippen molar-refractivity contribution in [2.24, 2.45) is 0 Å². The summed E-state index contributed by atoms with van der Waals surface area (Å²) in [4.78, 5) is 11.4. The summed E-state index contributed by atoms with van der Waals surface area (Å²) in [5, 5.41) is 1.91. The van der Waals surface area contributed by atoms with Crippen molar-refractivity contribution in [2.75, 3.05) is 0 Å². The predicted octanol–water partition coefficient (Wildman–Crippen LogP) is 5.01. The fourth-order valence-corrected chi connectivity index (χ4v) is 2.22. The van der Waals surface area contributed by atoms with Gasteiger partial charge in [-0.2, -0.15) is 0 Å². The van der Waals surface area contributed by atoms with Gasteiger partial charge in [-0.25, -0.2) is 0 Å². The molecule has 0 radical (unpaired) electrons. The van der Waals surface area contributed by atoms with Gasteiger partial charge in [0, 0.05) is 5.39 Å². The first-order chi connectivity index (χ1) is 10.1. The van der Waals surface area contributed by atoms with E-state index in [9.17, 15) is 4.79 Å². The quantitative estimate of drug-likeness (QED) is 0.748. The summed E-state index contributed by atoms with van der Waals surface area (Å²) >= 11 is 0.